The van der Waals surface area contributed by atoms with Gasteiger partial charge in [0.05, 0.1) is 12.1 Å². The lowest BCUT2D eigenvalue weighted by Crippen LogP contribution is -2.55. The fourth-order valence-electron chi connectivity index (χ4n) is 3.13. The van der Waals surface area contributed by atoms with E-state index in [0.29, 0.717) is 12.5 Å². The summed E-state index contributed by atoms with van der Waals surface area (Å²) >= 11 is 0. The number of hydrogen-bond donors (Lipinski definition) is 0. The zero-order chi connectivity index (χ0) is 17.0. The third-order valence-corrected chi connectivity index (χ3v) is 9.95. The van der Waals surface area contributed by atoms with Crippen molar-refractivity contribution in [3.05, 3.63) is 0 Å². The largest absolute Gasteiger partial charge is 0.444 e. The van der Waals surface area contributed by atoms with Crippen LogP contribution in [0.2, 0.25) is 18.1 Å². The molecule has 2 saturated heterocycles. The minimum absolute atomic E-state index is 0.109. The predicted octanol–water partition coefficient (Wildman–Crippen LogP) is 4.41. The molecule has 0 atom stereocenters. The highest BCUT2D eigenvalue weighted by Crippen LogP contribution is 2.52. The van der Waals surface area contributed by atoms with E-state index >= 15 is 0 Å². The Balaban J connectivity index is 2.02. The molecule has 3 fully saturated rings. The first-order chi connectivity index (χ1) is 9.76. The van der Waals surface area contributed by atoms with Crippen LogP contribution in [0.3, 0.4) is 0 Å². The van der Waals surface area contributed by atoms with Gasteiger partial charge in [-0.3, -0.25) is 4.90 Å². The first-order valence-electron chi connectivity index (χ1n) is 8.40. The van der Waals surface area contributed by atoms with Crippen LogP contribution in [0.15, 0.2) is 0 Å². The number of ether oxygens (including phenoxy) is 1. The molecule has 1 amide bonds. The summed E-state index contributed by atoms with van der Waals surface area (Å²) in [6, 6.07) is 0. The smallest absolute Gasteiger partial charge is 0.410 e. The van der Waals surface area contributed by atoms with Gasteiger partial charge in [-0.25, -0.2) is 4.79 Å². The number of carbonyl (C=O) groups is 1. The molecular formula is C17H33NO3Si. The van der Waals surface area contributed by atoms with Crippen molar-refractivity contribution in [2.24, 2.45) is 5.92 Å². The van der Waals surface area contributed by atoms with Crippen LogP contribution < -0.4 is 0 Å². The van der Waals surface area contributed by atoms with Crippen molar-refractivity contribution in [1.82, 2.24) is 4.90 Å². The molecule has 0 radical (unpaired) electrons. The summed E-state index contributed by atoms with van der Waals surface area (Å²) in [5, 5.41) is 0.197. The minimum Gasteiger partial charge on any atom is -0.444 e. The molecular weight excluding hydrogens is 294 g/mol. The number of hydrogen-bond acceptors (Lipinski definition) is 3. The van der Waals surface area contributed by atoms with Crippen LogP contribution >= 0.6 is 0 Å². The third-order valence-electron chi connectivity index (χ3n) is 5.47. The number of fused-ring (bicyclic) bond motifs is 1. The van der Waals surface area contributed by atoms with Gasteiger partial charge in [-0.05, 0) is 57.7 Å². The van der Waals surface area contributed by atoms with Crippen molar-refractivity contribution < 1.29 is 14.0 Å². The molecule has 3 aliphatic rings. The van der Waals surface area contributed by atoms with Gasteiger partial charge < -0.3 is 9.16 Å². The highest BCUT2D eigenvalue weighted by Gasteiger charge is 2.59. The van der Waals surface area contributed by atoms with E-state index in [-0.39, 0.29) is 16.7 Å². The van der Waals surface area contributed by atoms with Crippen LogP contribution in [0.5, 0.6) is 0 Å². The molecule has 0 unspecified atom stereocenters. The van der Waals surface area contributed by atoms with Gasteiger partial charge >= 0.3 is 6.09 Å². The molecule has 0 N–H and O–H groups in total. The Morgan fingerprint density at radius 1 is 1.18 bits per heavy atom. The Morgan fingerprint density at radius 2 is 1.73 bits per heavy atom. The molecule has 1 saturated carbocycles. The van der Waals surface area contributed by atoms with Crippen molar-refractivity contribution in [3.63, 3.8) is 0 Å². The lowest BCUT2D eigenvalue weighted by molar-refractivity contribution is -0.00727. The lowest BCUT2D eigenvalue weighted by atomic mass is 9.74. The first kappa shape index (κ1) is 17.8. The van der Waals surface area contributed by atoms with Crippen LogP contribution in [0, 0.1) is 5.92 Å². The standard InChI is InChI=1S/C17H33NO3Si/c1-15(2,3)21-14(19)18-11-13-9-17(18,10-13)12-20-22(7,8)16(4,5)6/h13H,9-12H2,1-8H3. The molecule has 2 aliphatic heterocycles. The fraction of sp³-hybridized carbons (Fsp3) is 0.941. The van der Waals surface area contributed by atoms with E-state index in [4.69, 9.17) is 9.16 Å². The van der Waals surface area contributed by atoms with Crippen LogP contribution in [0.4, 0.5) is 4.79 Å². The highest BCUT2D eigenvalue weighted by atomic mass is 28.4. The van der Waals surface area contributed by atoms with Crippen molar-refractivity contribution in [3.8, 4) is 0 Å². The number of amides is 1. The van der Waals surface area contributed by atoms with E-state index < -0.39 is 13.9 Å². The quantitative estimate of drug-likeness (QED) is 0.721. The van der Waals surface area contributed by atoms with Gasteiger partial charge in [0.25, 0.3) is 0 Å². The van der Waals surface area contributed by atoms with E-state index in [0.717, 1.165) is 19.4 Å². The Morgan fingerprint density at radius 3 is 2.18 bits per heavy atom. The zero-order valence-electron chi connectivity index (χ0n) is 15.6. The topological polar surface area (TPSA) is 38.8 Å². The van der Waals surface area contributed by atoms with E-state index in [2.05, 4.69) is 33.9 Å². The molecule has 1 aliphatic carbocycles. The maximum Gasteiger partial charge on any atom is 0.410 e. The highest BCUT2D eigenvalue weighted by molar-refractivity contribution is 6.74. The molecule has 2 bridgehead atoms. The Hall–Kier alpha value is -0.553. The maximum absolute atomic E-state index is 12.5. The molecule has 0 spiro atoms. The maximum atomic E-state index is 12.5. The van der Waals surface area contributed by atoms with Crippen LogP contribution in [-0.2, 0) is 9.16 Å². The second-order valence-corrected chi connectivity index (χ2v) is 14.4. The molecule has 4 nitrogen and oxygen atoms in total. The minimum atomic E-state index is -1.78. The second kappa shape index (κ2) is 5.23. The van der Waals surface area contributed by atoms with Crippen LogP contribution in [0.1, 0.15) is 54.4 Å². The average Bonchev–Trinajstić information content (AvgIpc) is 2.76. The van der Waals surface area contributed by atoms with Crippen LogP contribution in [-0.4, -0.2) is 43.6 Å². The molecule has 0 aromatic rings. The summed E-state index contributed by atoms with van der Waals surface area (Å²) in [4.78, 5) is 14.4. The van der Waals surface area contributed by atoms with Gasteiger partial charge in [-0.15, -0.1) is 0 Å². The van der Waals surface area contributed by atoms with Crippen molar-refractivity contribution >= 4 is 14.4 Å². The molecule has 2 heterocycles. The van der Waals surface area contributed by atoms with E-state index in [1.165, 1.54) is 0 Å². The second-order valence-electron chi connectivity index (χ2n) is 9.64. The molecule has 22 heavy (non-hydrogen) atoms. The third kappa shape index (κ3) is 3.35. The van der Waals surface area contributed by atoms with Gasteiger partial charge in [-0.2, -0.15) is 0 Å². The summed E-state index contributed by atoms with van der Waals surface area (Å²) in [6.45, 7) is 18.6. The summed E-state index contributed by atoms with van der Waals surface area (Å²) in [7, 11) is -1.78. The Bertz CT molecular complexity index is 442. The molecule has 128 valence electrons. The van der Waals surface area contributed by atoms with Gasteiger partial charge in [0.1, 0.15) is 5.60 Å². The van der Waals surface area contributed by atoms with Crippen molar-refractivity contribution in [2.75, 3.05) is 13.2 Å². The SMILES string of the molecule is CC(C)(C)OC(=O)N1CC2CC1(CO[Si](C)(C)C(C)(C)C)C2. The molecule has 0 aromatic heterocycles. The number of rotatable bonds is 3. The van der Waals surface area contributed by atoms with E-state index in [1.54, 1.807) is 0 Å². The first-order valence-corrected chi connectivity index (χ1v) is 11.3. The molecule has 3 rings (SSSR count). The van der Waals surface area contributed by atoms with Crippen molar-refractivity contribution in [1.29, 1.82) is 0 Å². The summed E-state index contributed by atoms with van der Waals surface area (Å²) in [5.41, 5.74) is -0.548. The Kier molecular flexibility index (Phi) is 4.23. The monoisotopic (exact) mass is 327 g/mol. The lowest BCUT2D eigenvalue weighted by Gasteiger charge is -2.45. The van der Waals surface area contributed by atoms with Gasteiger partial charge in [-0.1, -0.05) is 20.8 Å². The number of carbonyl (C=O) groups excluding carboxylic acids is 1. The fourth-order valence-corrected chi connectivity index (χ4v) is 4.19. The van der Waals surface area contributed by atoms with Gasteiger partial charge in [0.15, 0.2) is 8.32 Å². The normalized spacial score (nSPS) is 28.5. The van der Waals surface area contributed by atoms with Gasteiger partial charge in [0, 0.05) is 6.54 Å². The van der Waals surface area contributed by atoms with Crippen LogP contribution in [0.25, 0.3) is 0 Å². The average molecular weight is 328 g/mol. The summed E-state index contributed by atoms with van der Waals surface area (Å²) in [5.74, 6) is 0.635. The van der Waals surface area contributed by atoms with E-state index in [9.17, 15) is 4.79 Å². The number of nitrogens with zero attached hydrogens (tertiary/aromatic N) is 1. The summed E-state index contributed by atoms with van der Waals surface area (Å²) < 4.78 is 12.0. The zero-order valence-corrected chi connectivity index (χ0v) is 16.6. The molecule has 0 aromatic carbocycles. The van der Waals surface area contributed by atoms with E-state index in [1.807, 2.05) is 25.7 Å². The van der Waals surface area contributed by atoms with Crippen molar-refractivity contribution in [2.45, 2.75) is 83.7 Å². The summed E-state index contributed by atoms with van der Waals surface area (Å²) in [6.07, 6.45) is 1.97. The Labute approximate surface area is 136 Å². The van der Waals surface area contributed by atoms with Gasteiger partial charge in [0.2, 0.25) is 0 Å². The molecule has 5 heteroatoms. The predicted molar refractivity (Wildman–Crippen MR) is 91.5 cm³/mol.